The van der Waals surface area contributed by atoms with Gasteiger partial charge in [0.2, 0.25) is 16.0 Å². The van der Waals surface area contributed by atoms with Crippen molar-refractivity contribution in [3.63, 3.8) is 0 Å². The maximum atomic E-state index is 12.1. The molecule has 1 aliphatic rings. The largest absolute Gasteiger partial charge is 0.357 e. The van der Waals surface area contributed by atoms with E-state index in [9.17, 15) is 8.42 Å². The van der Waals surface area contributed by atoms with Gasteiger partial charge in [-0.3, -0.25) is 4.68 Å². The Morgan fingerprint density at radius 3 is 2.74 bits per heavy atom. The van der Waals surface area contributed by atoms with Gasteiger partial charge in [-0.1, -0.05) is 6.92 Å². The number of aromatic nitrogens is 4. The molecular formula is C17H22N6O2S2. The number of thiophene rings is 1. The van der Waals surface area contributed by atoms with Crippen LogP contribution >= 0.6 is 11.3 Å². The zero-order valence-electron chi connectivity index (χ0n) is 15.5. The normalized spacial score (nSPS) is 17.1. The lowest BCUT2D eigenvalue weighted by molar-refractivity contribution is 0.0634. The van der Waals surface area contributed by atoms with Crippen molar-refractivity contribution < 1.29 is 8.42 Å². The summed E-state index contributed by atoms with van der Waals surface area (Å²) in [6, 6.07) is 1.98. The molecule has 0 bridgehead atoms. The molecule has 4 rings (SSSR count). The maximum absolute atomic E-state index is 12.1. The van der Waals surface area contributed by atoms with Crippen LogP contribution in [0.2, 0.25) is 0 Å². The first-order valence-electron chi connectivity index (χ1n) is 8.89. The Balaban J connectivity index is 1.69. The smallest absolute Gasteiger partial charge is 0.223 e. The quantitative estimate of drug-likeness (QED) is 0.676. The molecule has 3 aromatic heterocycles. The van der Waals surface area contributed by atoms with Gasteiger partial charge in [0, 0.05) is 31.9 Å². The molecule has 1 aliphatic heterocycles. The molecule has 0 radical (unpaired) electrons. The second kappa shape index (κ2) is 6.54. The van der Waals surface area contributed by atoms with Crippen LogP contribution in [0.4, 0.5) is 5.95 Å². The van der Waals surface area contributed by atoms with E-state index in [1.165, 1.54) is 0 Å². The lowest BCUT2D eigenvalue weighted by atomic mass is 9.89. The van der Waals surface area contributed by atoms with Crippen molar-refractivity contribution in [2.45, 2.75) is 25.8 Å². The minimum atomic E-state index is -3.16. The van der Waals surface area contributed by atoms with Gasteiger partial charge < -0.3 is 5.32 Å². The lowest BCUT2D eigenvalue weighted by Gasteiger charge is -2.48. The highest BCUT2D eigenvalue weighted by Crippen LogP contribution is 2.36. The minimum Gasteiger partial charge on any atom is -0.357 e. The fourth-order valence-electron chi connectivity index (χ4n) is 3.40. The standard InChI is InChI=1S/C17H22N6O2S2/c1-4-17(10-22(11-17)27(24,25)5-2)23-9-12(8-19-23)14-15-13(6-7-26-15)20-16(18-3)21-14/h6-9H,4-5,10-11H2,1-3H3,(H,18,20,21). The van der Waals surface area contributed by atoms with Gasteiger partial charge in [0.05, 0.1) is 33.4 Å². The molecular weight excluding hydrogens is 384 g/mol. The lowest BCUT2D eigenvalue weighted by Crippen LogP contribution is -2.64. The Hall–Kier alpha value is -2.04. The third-order valence-corrected chi connectivity index (χ3v) is 7.91. The molecule has 0 aliphatic carbocycles. The number of hydrogen-bond donors (Lipinski definition) is 1. The van der Waals surface area contributed by atoms with E-state index in [0.29, 0.717) is 19.0 Å². The van der Waals surface area contributed by atoms with Crippen LogP contribution in [-0.4, -0.2) is 58.4 Å². The van der Waals surface area contributed by atoms with Crippen molar-refractivity contribution in [2.75, 3.05) is 31.2 Å². The highest BCUT2D eigenvalue weighted by Gasteiger charge is 2.48. The van der Waals surface area contributed by atoms with E-state index in [2.05, 4.69) is 27.3 Å². The molecule has 3 aromatic rings. The third kappa shape index (κ3) is 2.91. The second-order valence-corrected chi connectivity index (χ2v) is 9.87. The molecule has 144 valence electrons. The minimum absolute atomic E-state index is 0.126. The number of anilines is 1. The third-order valence-electron chi connectivity index (χ3n) is 5.23. The summed E-state index contributed by atoms with van der Waals surface area (Å²) in [4.78, 5) is 9.10. The van der Waals surface area contributed by atoms with E-state index in [1.807, 2.05) is 22.3 Å². The van der Waals surface area contributed by atoms with E-state index in [1.54, 1.807) is 35.8 Å². The molecule has 8 nitrogen and oxygen atoms in total. The number of rotatable bonds is 6. The zero-order chi connectivity index (χ0) is 19.2. The molecule has 0 spiro atoms. The molecule has 0 aromatic carbocycles. The summed E-state index contributed by atoms with van der Waals surface area (Å²) in [5.41, 5.74) is 2.35. The summed E-state index contributed by atoms with van der Waals surface area (Å²) >= 11 is 1.60. The van der Waals surface area contributed by atoms with Crippen LogP contribution in [0.1, 0.15) is 20.3 Å². The van der Waals surface area contributed by atoms with Crippen LogP contribution in [0.5, 0.6) is 0 Å². The van der Waals surface area contributed by atoms with Gasteiger partial charge in [-0.2, -0.15) is 9.40 Å². The number of nitrogens with one attached hydrogen (secondary N) is 1. The van der Waals surface area contributed by atoms with Crippen LogP contribution in [0, 0.1) is 0 Å². The first kappa shape index (κ1) is 18.3. The van der Waals surface area contributed by atoms with Crippen LogP contribution < -0.4 is 5.32 Å². The van der Waals surface area contributed by atoms with Crippen molar-refractivity contribution in [3.05, 3.63) is 23.8 Å². The molecule has 4 heterocycles. The van der Waals surface area contributed by atoms with Gasteiger partial charge in [-0.15, -0.1) is 11.3 Å². The van der Waals surface area contributed by atoms with Crippen LogP contribution in [0.15, 0.2) is 23.8 Å². The first-order chi connectivity index (χ1) is 12.9. The fourth-order valence-corrected chi connectivity index (χ4v) is 5.48. The number of sulfonamides is 1. The van der Waals surface area contributed by atoms with Crippen molar-refractivity contribution in [1.82, 2.24) is 24.1 Å². The van der Waals surface area contributed by atoms with Gasteiger partial charge in [-0.05, 0) is 24.8 Å². The Bertz CT molecular complexity index is 1080. The molecule has 1 saturated heterocycles. The highest BCUT2D eigenvalue weighted by molar-refractivity contribution is 7.89. The van der Waals surface area contributed by atoms with Gasteiger partial charge in [0.25, 0.3) is 0 Å². The molecule has 0 amide bonds. The van der Waals surface area contributed by atoms with Crippen molar-refractivity contribution in [2.24, 2.45) is 0 Å². The predicted molar refractivity (Wildman–Crippen MR) is 107 cm³/mol. The van der Waals surface area contributed by atoms with E-state index in [0.717, 1.165) is 27.9 Å². The highest BCUT2D eigenvalue weighted by atomic mass is 32.2. The topological polar surface area (TPSA) is 93.0 Å². The predicted octanol–water partition coefficient (Wildman–Crippen LogP) is 2.37. The van der Waals surface area contributed by atoms with Crippen molar-refractivity contribution in [3.8, 4) is 11.3 Å². The van der Waals surface area contributed by atoms with E-state index < -0.39 is 10.0 Å². The zero-order valence-corrected chi connectivity index (χ0v) is 17.1. The molecule has 27 heavy (non-hydrogen) atoms. The molecule has 1 N–H and O–H groups in total. The van der Waals surface area contributed by atoms with Gasteiger partial charge >= 0.3 is 0 Å². The van der Waals surface area contributed by atoms with Gasteiger partial charge in [0.1, 0.15) is 0 Å². The molecule has 0 saturated carbocycles. The maximum Gasteiger partial charge on any atom is 0.223 e. The number of nitrogens with zero attached hydrogens (tertiary/aromatic N) is 5. The molecule has 0 atom stereocenters. The average Bonchev–Trinajstić information content (AvgIpc) is 3.30. The van der Waals surface area contributed by atoms with E-state index in [4.69, 9.17) is 0 Å². The van der Waals surface area contributed by atoms with Crippen molar-refractivity contribution in [1.29, 1.82) is 0 Å². The molecule has 10 heteroatoms. The van der Waals surface area contributed by atoms with Crippen LogP contribution in [-0.2, 0) is 15.6 Å². The summed E-state index contributed by atoms with van der Waals surface area (Å²) in [5, 5.41) is 9.57. The Kier molecular flexibility index (Phi) is 4.44. The second-order valence-electron chi connectivity index (χ2n) is 6.70. The van der Waals surface area contributed by atoms with Crippen molar-refractivity contribution >= 4 is 37.5 Å². The van der Waals surface area contributed by atoms with E-state index >= 15 is 0 Å². The summed E-state index contributed by atoms with van der Waals surface area (Å²) in [5.74, 6) is 0.694. The monoisotopic (exact) mass is 406 g/mol. The Morgan fingerprint density at radius 1 is 1.30 bits per heavy atom. The summed E-state index contributed by atoms with van der Waals surface area (Å²) in [7, 11) is -1.37. The SMILES string of the molecule is CCC1(n2cc(-c3nc(NC)nc4ccsc34)cn2)CN(S(=O)(=O)CC)C1. The molecule has 0 unspecified atom stereocenters. The summed E-state index contributed by atoms with van der Waals surface area (Å²) < 4.78 is 28.7. The first-order valence-corrected chi connectivity index (χ1v) is 11.4. The summed E-state index contributed by atoms with van der Waals surface area (Å²) in [6.07, 6.45) is 4.58. The number of fused-ring (bicyclic) bond motifs is 1. The van der Waals surface area contributed by atoms with Gasteiger partial charge in [-0.25, -0.2) is 18.4 Å². The average molecular weight is 407 g/mol. The Labute approximate surface area is 162 Å². The van der Waals surface area contributed by atoms with Gasteiger partial charge in [0.15, 0.2) is 0 Å². The fraction of sp³-hybridized carbons (Fsp3) is 0.471. The Morgan fingerprint density at radius 2 is 2.07 bits per heavy atom. The number of hydrogen-bond acceptors (Lipinski definition) is 7. The van der Waals surface area contributed by atoms with Crippen LogP contribution in [0.3, 0.4) is 0 Å². The van der Waals surface area contributed by atoms with Crippen LogP contribution in [0.25, 0.3) is 21.5 Å². The molecule has 1 fully saturated rings. The van der Waals surface area contributed by atoms with E-state index in [-0.39, 0.29) is 11.3 Å². The summed E-state index contributed by atoms with van der Waals surface area (Å²) in [6.45, 7) is 4.66.